The van der Waals surface area contributed by atoms with Crippen LogP contribution in [0, 0.1) is 6.92 Å². The molecule has 0 saturated carbocycles. The molecule has 0 saturated heterocycles. The molecule has 4 rings (SSSR count). The van der Waals surface area contributed by atoms with Crippen molar-refractivity contribution in [3.63, 3.8) is 0 Å². The van der Waals surface area contributed by atoms with Crippen LogP contribution >= 0.6 is 0 Å². The molecule has 0 radical (unpaired) electrons. The van der Waals surface area contributed by atoms with E-state index in [9.17, 15) is 4.79 Å². The highest BCUT2D eigenvalue weighted by atomic mass is 16.2. The van der Waals surface area contributed by atoms with Gasteiger partial charge in [0.1, 0.15) is 12.9 Å². The van der Waals surface area contributed by atoms with Gasteiger partial charge >= 0.3 is 0 Å². The quantitative estimate of drug-likeness (QED) is 0.569. The van der Waals surface area contributed by atoms with Crippen molar-refractivity contribution in [2.24, 2.45) is 0 Å². The minimum atomic E-state index is -0.249. The van der Waals surface area contributed by atoms with Gasteiger partial charge in [-0.25, -0.2) is 4.68 Å². The highest BCUT2D eigenvalue weighted by molar-refractivity contribution is 5.90. The van der Waals surface area contributed by atoms with Crippen LogP contribution in [0.3, 0.4) is 0 Å². The van der Waals surface area contributed by atoms with Crippen molar-refractivity contribution < 1.29 is 4.79 Å². The third-order valence-corrected chi connectivity index (χ3v) is 3.85. The maximum absolute atomic E-state index is 12.3. The number of rotatable bonds is 5. The summed E-state index contributed by atoms with van der Waals surface area (Å²) in [6.45, 7) is 1.88. The molecule has 2 aromatic heterocycles. The Bertz CT molecular complexity index is 1060. The van der Waals surface area contributed by atoms with Gasteiger partial charge in [-0.2, -0.15) is 4.80 Å². The number of hydrogen-bond donors (Lipinski definition) is 1. The number of anilines is 1. The average Bonchev–Trinajstić information content (AvgIpc) is 3.35. The normalized spacial score (nSPS) is 10.7. The molecule has 10 heteroatoms. The second kappa shape index (κ2) is 7.12. The summed E-state index contributed by atoms with van der Waals surface area (Å²) in [6, 6.07) is 14.9. The van der Waals surface area contributed by atoms with Crippen molar-refractivity contribution in [3.05, 3.63) is 60.4 Å². The van der Waals surface area contributed by atoms with Gasteiger partial charge in [0, 0.05) is 11.3 Å². The van der Waals surface area contributed by atoms with Crippen molar-refractivity contribution in [2.75, 3.05) is 5.32 Å². The predicted octanol–water partition coefficient (Wildman–Crippen LogP) is 1.26. The number of nitrogens with zero attached hydrogens (tertiary/aromatic N) is 8. The lowest BCUT2D eigenvalue weighted by Gasteiger charge is -2.09. The van der Waals surface area contributed by atoms with Gasteiger partial charge in [-0.05, 0) is 46.3 Å². The Hall–Kier alpha value is -3.95. The zero-order valence-corrected chi connectivity index (χ0v) is 14.4. The maximum Gasteiger partial charge on any atom is 0.248 e. The number of tetrazole rings is 2. The maximum atomic E-state index is 12.3. The minimum Gasteiger partial charge on any atom is -0.324 e. The van der Waals surface area contributed by atoms with E-state index in [2.05, 4.69) is 36.3 Å². The van der Waals surface area contributed by atoms with Crippen molar-refractivity contribution in [1.29, 1.82) is 0 Å². The van der Waals surface area contributed by atoms with Crippen LogP contribution in [-0.4, -0.2) is 46.3 Å². The predicted molar refractivity (Wildman–Crippen MR) is 95.8 cm³/mol. The Morgan fingerprint density at radius 2 is 1.96 bits per heavy atom. The molecule has 10 nitrogen and oxygen atoms in total. The van der Waals surface area contributed by atoms with E-state index in [-0.39, 0.29) is 12.5 Å². The van der Waals surface area contributed by atoms with Crippen molar-refractivity contribution in [1.82, 2.24) is 40.4 Å². The van der Waals surface area contributed by atoms with Gasteiger partial charge in [0.05, 0.1) is 5.69 Å². The fourth-order valence-corrected chi connectivity index (χ4v) is 2.60. The van der Waals surface area contributed by atoms with E-state index in [0.29, 0.717) is 11.5 Å². The van der Waals surface area contributed by atoms with Crippen molar-refractivity contribution in [2.45, 2.75) is 13.5 Å². The topological polar surface area (TPSA) is 116 Å². The van der Waals surface area contributed by atoms with E-state index in [1.54, 1.807) is 10.7 Å². The highest BCUT2D eigenvalue weighted by Gasteiger charge is 2.10. The van der Waals surface area contributed by atoms with Crippen LogP contribution in [0.5, 0.6) is 0 Å². The number of carbonyl (C=O) groups is 1. The van der Waals surface area contributed by atoms with E-state index in [4.69, 9.17) is 0 Å². The number of aryl methyl sites for hydroxylation is 1. The summed E-state index contributed by atoms with van der Waals surface area (Å²) < 4.78 is 1.56. The molecule has 0 fully saturated rings. The fourth-order valence-electron chi connectivity index (χ4n) is 2.60. The number of carbonyl (C=O) groups excluding carboxylic acids is 1. The van der Waals surface area contributed by atoms with Gasteiger partial charge in [-0.3, -0.25) is 4.79 Å². The van der Waals surface area contributed by atoms with E-state index in [1.165, 1.54) is 11.1 Å². The van der Waals surface area contributed by atoms with Gasteiger partial charge in [-0.1, -0.05) is 30.3 Å². The van der Waals surface area contributed by atoms with E-state index in [0.717, 1.165) is 16.8 Å². The van der Waals surface area contributed by atoms with E-state index in [1.807, 2.05) is 49.4 Å². The monoisotopic (exact) mass is 361 g/mol. The Morgan fingerprint density at radius 1 is 1.11 bits per heavy atom. The second-order valence-electron chi connectivity index (χ2n) is 5.81. The van der Waals surface area contributed by atoms with Crippen LogP contribution in [0.1, 0.15) is 5.56 Å². The summed E-state index contributed by atoms with van der Waals surface area (Å²) in [5.41, 5.74) is 3.27. The lowest BCUT2D eigenvalue weighted by molar-refractivity contribution is -0.117. The number of aromatic nitrogens is 8. The first-order valence-electron chi connectivity index (χ1n) is 8.16. The molecule has 0 aliphatic rings. The van der Waals surface area contributed by atoms with Crippen LogP contribution in [0.2, 0.25) is 0 Å². The molecule has 1 N–H and O–H groups in total. The summed E-state index contributed by atoms with van der Waals surface area (Å²) in [5.74, 6) is 0.228. The minimum absolute atomic E-state index is 0.0341. The first kappa shape index (κ1) is 16.5. The molecule has 0 aliphatic heterocycles. The second-order valence-corrected chi connectivity index (χ2v) is 5.81. The molecular weight excluding hydrogens is 346 g/mol. The zero-order chi connectivity index (χ0) is 18.6. The first-order valence-corrected chi connectivity index (χ1v) is 8.16. The van der Waals surface area contributed by atoms with Gasteiger partial charge in [0.2, 0.25) is 11.7 Å². The van der Waals surface area contributed by atoms with E-state index >= 15 is 0 Å². The summed E-state index contributed by atoms with van der Waals surface area (Å²) in [6.07, 6.45) is 1.52. The molecule has 1 amide bonds. The zero-order valence-electron chi connectivity index (χ0n) is 14.4. The molecule has 0 unspecified atom stereocenters. The van der Waals surface area contributed by atoms with Crippen molar-refractivity contribution >= 4 is 11.6 Å². The average molecular weight is 361 g/mol. The number of amides is 1. The molecule has 0 aliphatic carbocycles. The lowest BCUT2D eigenvalue weighted by atomic mass is 10.2. The van der Waals surface area contributed by atoms with Crippen LogP contribution in [0.15, 0.2) is 54.9 Å². The smallest absolute Gasteiger partial charge is 0.248 e. The summed E-state index contributed by atoms with van der Waals surface area (Å²) in [5, 5.41) is 26.1. The third-order valence-electron chi connectivity index (χ3n) is 3.85. The third kappa shape index (κ3) is 3.68. The largest absolute Gasteiger partial charge is 0.324 e. The Morgan fingerprint density at radius 3 is 2.70 bits per heavy atom. The Kier molecular flexibility index (Phi) is 4.35. The number of benzene rings is 2. The van der Waals surface area contributed by atoms with Crippen LogP contribution in [0.25, 0.3) is 17.1 Å². The van der Waals surface area contributed by atoms with Crippen LogP contribution in [-0.2, 0) is 11.3 Å². The molecule has 134 valence electrons. The summed E-state index contributed by atoms with van der Waals surface area (Å²) in [4.78, 5) is 13.5. The molecule has 0 bridgehead atoms. The highest BCUT2D eigenvalue weighted by Crippen LogP contribution is 2.18. The molecule has 4 aromatic rings. The number of nitrogens with one attached hydrogen (secondary N) is 1. The Balaban J connectivity index is 1.43. The van der Waals surface area contributed by atoms with Crippen LogP contribution < -0.4 is 5.32 Å². The lowest BCUT2D eigenvalue weighted by Crippen LogP contribution is -2.20. The summed E-state index contributed by atoms with van der Waals surface area (Å²) in [7, 11) is 0. The Labute approximate surface area is 153 Å². The SMILES string of the molecule is Cc1cc(NC(=O)Cn2nnc(-c3ccccc3)n2)ccc1-n1cnnn1. The van der Waals surface area contributed by atoms with Gasteiger partial charge in [-0.15, -0.1) is 15.3 Å². The molecular formula is C17H15N9O. The van der Waals surface area contributed by atoms with Crippen molar-refractivity contribution in [3.8, 4) is 17.1 Å². The molecule has 0 atom stereocenters. The van der Waals surface area contributed by atoms with Gasteiger partial charge < -0.3 is 5.32 Å². The first-order chi connectivity index (χ1) is 13.2. The van der Waals surface area contributed by atoms with Gasteiger partial charge in [0.15, 0.2) is 0 Å². The summed E-state index contributed by atoms with van der Waals surface area (Å²) >= 11 is 0. The van der Waals surface area contributed by atoms with Gasteiger partial charge in [0.25, 0.3) is 0 Å². The molecule has 2 heterocycles. The van der Waals surface area contributed by atoms with Crippen LogP contribution in [0.4, 0.5) is 5.69 Å². The number of hydrogen-bond acceptors (Lipinski definition) is 7. The molecule has 2 aromatic carbocycles. The fraction of sp³-hybridized carbons (Fsp3) is 0.118. The molecule has 0 spiro atoms. The molecule has 27 heavy (non-hydrogen) atoms. The standard InChI is InChI=1S/C17H15N9O/c1-12-9-14(7-8-15(12)25-11-18-22-24-25)19-16(27)10-26-21-17(20-23-26)13-5-3-2-4-6-13/h2-9,11H,10H2,1H3,(H,19,27). The van der Waals surface area contributed by atoms with E-state index < -0.39 is 0 Å².